The summed E-state index contributed by atoms with van der Waals surface area (Å²) in [5.74, 6) is 0.200. The molecule has 0 spiro atoms. The number of aliphatic imine (C=N–C) groups is 1. The lowest BCUT2D eigenvalue weighted by molar-refractivity contribution is 0.301. The molecule has 0 atom stereocenters. The van der Waals surface area contributed by atoms with Crippen molar-refractivity contribution in [3.05, 3.63) is 58.4 Å². The topological polar surface area (TPSA) is 38.7 Å². The van der Waals surface area contributed by atoms with E-state index in [1.165, 1.54) is 6.07 Å². The minimum Gasteiger partial charge on any atom is -0.488 e. The number of nitrogens with zero attached hydrogens (tertiary/aromatic N) is 1. The number of hydrogen-bond acceptors (Lipinski definition) is 3. The molecule has 0 radical (unpaired) electrons. The van der Waals surface area contributed by atoms with Crippen LogP contribution in [0.25, 0.3) is 0 Å². The number of benzene rings is 2. The molecular formula is C18H18FNO2. The van der Waals surface area contributed by atoms with E-state index in [2.05, 4.69) is 4.99 Å². The number of hydrogen-bond donors (Lipinski definition) is 0. The van der Waals surface area contributed by atoms with Gasteiger partial charge < -0.3 is 4.74 Å². The molecule has 0 aliphatic heterocycles. The highest BCUT2D eigenvalue weighted by atomic mass is 19.1. The van der Waals surface area contributed by atoms with Crippen molar-refractivity contribution in [2.24, 2.45) is 4.99 Å². The zero-order valence-electron chi connectivity index (χ0n) is 12.9. The second-order valence-corrected chi connectivity index (χ2v) is 5.13. The molecular weight excluding hydrogens is 281 g/mol. The van der Waals surface area contributed by atoms with Crippen molar-refractivity contribution in [1.29, 1.82) is 0 Å². The average molecular weight is 299 g/mol. The zero-order chi connectivity index (χ0) is 16.1. The van der Waals surface area contributed by atoms with Gasteiger partial charge in [0.25, 0.3) is 0 Å². The molecule has 2 aromatic rings. The highest BCUT2D eigenvalue weighted by Crippen LogP contribution is 2.27. The van der Waals surface area contributed by atoms with E-state index in [0.717, 1.165) is 23.1 Å². The molecule has 2 aromatic carbocycles. The molecule has 0 amide bonds. The Morgan fingerprint density at radius 1 is 1.23 bits per heavy atom. The molecule has 0 saturated heterocycles. The van der Waals surface area contributed by atoms with E-state index >= 15 is 0 Å². The van der Waals surface area contributed by atoms with Crippen molar-refractivity contribution < 1.29 is 13.9 Å². The lowest BCUT2D eigenvalue weighted by Crippen LogP contribution is -2.02. The van der Waals surface area contributed by atoms with Gasteiger partial charge in [0.1, 0.15) is 18.2 Å². The number of halogens is 1. The Kier molecular flexibility index (Phi) is 5.08. The predicted octanol–water partition coefficient (Wildman–Crippen LogP) is 4.55. The minimum atomic E-state index is -0.296. The second kappa shape index (κ2) is 7.01. The molecule has 114 valence electrons. The Labute approximate surface area is 129 Å². The van der Waals surface area contributed by atoms with E-state index in [9.17, 15) is 9.18 Å². The molecule has 22 heavy (non-hydrogen) atoms. The summed E-state index contributed by atoms with van der Waals surface area (Å²) < 4.78 is 19.4. The lowest BCUT2D eigenvalue weighted by Gasteiger charge is -2.14. The van der Waals surface area contributed by atoms with Crippen LogP contribution in [0.4, 0.5) is 10.1 Å². The normalized spacial score (nSPS) is 10.2. The van der Waals surface area contributed by atoms with Gasteiger partial charge in [-0.3, -0.25) is 0 Å². The molecule has 2 rings (SSSR count). The van der Waals surface area contributed by atoms with Gasteiger partial charge in [-0.05, 0) is 49.1 Å². The van der Waals surface area contributed by atoms with Crippen molar-refractivity contribution in [2.75, 3.05) is 0 Å². The largest absolute Gasteiger partial charge is 0.488 e. The fraction of sp³-hybridized carbons (Fsp3) is 0.278. The molecule has 0 aliphatic rings. The first-order valence-electron chi connectivity index (χ1n) is 7.15. The molecule has 0 heterocycles. The van der Waals surface area contributed by atoms with E-state index in [1.807, 2.05) is 26.0 Å². The standard InChI is InChI=1S/C18H18FNO2/c1-4-14-6-5-7-17(20-11-21)15(14)10-22-18-9-16(19)12(2)8-13(18)3/h5-9H,4,10H2,1-3H3. The third kappa shape index (κ3) is 3.41. The molecule has 0 fully saturated rings. The summed E-state index contributed by atoms with van der Waals surface area (Å²) in [6.07, 6.45) is 2.36. The molecule has 0 unspecified atom stereocenters. The van der Waals surface area contributed by atoms with Gasteiger partial charge in [-0.2, -0.15) is 4.99 Å². The smallest absolute Gasteiger partial charge is 0.240 e. The van der Waals surface area contributed by atoms with Gasteiger partial charge in [0, 0.05) is 11.6 Å². The van der Waals surface area contributed by atoms with Gasteiger partial charge in [-0.15, -0.1) is 0 Å². The second-order valence-electron chi connectivity index (χ2n) is 5.13. The number of aryl methyl sites for hydroxylation is 3. The van der Waals surface area contributed by atoms with Crippen molar-refractivity contribution in [3.63, 3.8) is 0 Å². The van der Waals surface area contributed by atoms with Crippen LogP contribution in [0.2, 0.25) is 0 Å². The van der Waals surface area contributed by atoms with Crippen LogP contribution in [0, 0.1) is 19.7 Å². The first kappa shape index (κ1) is 15.9. The Morgan fingerprint density at radius 2 is 2.00 bits per heavy atom. The van der Waals surface area contributed by atoms with Crippen molar-refractivity contribution in [2.45, 2.75) is 33.8 Å². The van der Waals surface area contributed by atoms with Crippen molar-refractivity contribution >= 4 is 11.8 Å². The van der Waals surface area contributed by atoms with Gasteiger partial charge in [-0.25, -0.2) is 9.18 Å². The van der Waals surface area contributed by atoms with Crippen molar-refractivity contribution in [1.82, 2.24) is 0 Å². The monoisotopic (exact) mass is 299 g/mol. The molecule has 4 heteroatoms. The van der Waals surface area contributed by atoms with Gasteiger partial charge >= 0.3 is 0 Å². The fourth-order valence-electron chi connectivity index (χ4n) is 2.39. The Hall–Kier alpha value is -2.45. The Bertz CT molecular complexity index is 734. The first-order chi connectivity index (χ1) is 10.6. The third-order valence-corrected chi connectivity index (χ3v) is 3.62. The van der Waals surface area contributed by atoms with Crippen LogP contribution in [0.5, 0.6) is 5.75 Å². The van der Waals surface area contributed by atoms with Gasteiger partial charge in [0.05, 0.1) is 5.69 Å². The van der Waals surface area contributed by atoms with E-state index in [4.69, 9.17) is 4.74 Å². The van der Waals surface area contributed by atoms with Crippen LogP contribution >= 0.6 is 0 Å². The van der Waals surface area contributed by atoms with E-state index in [-0.39, 0.29) is 12.4 Å². The highest BCUT2D eigenvalue weighted by Gasteiger charge is 2.10. The average Bonchev–Trinajstić information content (AvgIpc) is 2.50. The van der Waals surface area contributed by atoms with E-state index in [0.29, 0.717) is 17.0 Å². The predicted molar refractivity (Wildman–Crippen MR) is 83.8 cm³/mol. The molecule has 0 N–H and O–H groups in total. The number of rotatable bonds is 5. The van der Waals surface area contributed by atoms with Gasteiger partial charge in [0.15, 0.2) is 0 Å². The summed E-state index contributed by atoms with van der Waals surface area (Å²) in [7, 11) is 0. The summed E-state index contributed by atoms with van der Waals surface area (Å²) in [6, 6.07) is 8.69. The molecule has 0 aromatic heterocycles. The number of ether oxygens (including phenoxy) is 1. The van der Waals surface area contributed by atoms with Crippen LogP contribution in [0.3, 0.4) is 0 Å². The summed E-state index contributed by atoms with van der Waals surface area (Å²) in [4.78, 5) is 14.3. The van der Waals surface area contributed by atoms with Gasteiger partial charge in [-0.1, -0.05) is 19.1 Å². The summed E-state index contributed by atoms with van der Waals surface area (Å²) in [5.41, 5.74) is 3.87. The molecule has 0 saturated carbocycles. The fourth-order valence-corrected chi connectivity index (χ4v) is 2.39. The van der Waals surface area contributed by atoms with E-state index < -0.39 is 0 Å². The zero-order valence-corrected chi connectivity index (χ0v) is 12.9. The SMILES string of the molecule is CCc1cccc(N=C=O)c1COc1cc(F)c(C)cc1C. The van der Waals surface area contributed by atoms with Crippen LogP contribution < -0.4 is 4.74 Å². The Morgan fingerprint density at radius 3 is 2.68 bits per heavy atom. The maximum absolute atomic E-state index is 13.7. The maximum atomic E-state index is 13.7. The summed E-state index contributed by atoms with van der Waals surface area (Å²) in [6.45, 7) is 5.84. The quantitative estimate of drug-likeness (QED) is 0.600. The number of carbonyl (C=O) groups excluding carboxylic acids is 1. The molecule has 3 nitrogen and oxygen atoms in total. The van der Waals surface area contributed by atoms with Crippen molar-refractivity contribution in [3.8, 4) is 5.75 Å². The van der Waals surface area contributed by atoms with Crippen LogP contribution in [0.15, 0.2) is 35.3 Å². The maximum Gasteiger partial charge on any atom is 0.240 e. The van der Waals surface area contributed by atoms with Crippen LogP contribution in [-0.2, 0) is 17.8 Å². The Balaban J connectivity index is 2.32. The van der Waals surface area contributed by atoms with Gasteiger partial charge in [0.2, 0.25) is 6.08 Å². The minimum absolute atomic E-state index is 0.230. The molecule has 0 bridgehead atoms. The summed E-state index contributed by atoms with van der Waals surface area (Å²) >= 11 is 0. The van der Waals surface area contributed by atoms with Crippen LogP contribution in [-0.4, -0.2) is 6.08 Å². The van der Waals surface area contributed by atoms with E-state index in [1.54, 1.807) is 25.1 Å². The number of isocyanates is 1. The third-order valence-electron chi connectivity index (χ3n) is 3.62. The highest BCUT2D eigenvalue weighted by molar-refractivity contribution is 5.56. The van der Waals surface area contributed by atoms with Crippen LogP contribution in [0.1, 0.15) is 29.2 Å². The summed E-state index contributed by atoms with van der Waals surface area (Å²) in [5, 5.41) is 0. The molecule has 0 aliphatic carbocycles. The lowest BCUT2D eigenvalue weighted by atomic mass is 10.0. The first-order valence-corrected chi connectivity index (χ1v) is 7.15.